The smallest absolute Gasteiger partial charge is 0.238 e. The molecule has 1 saturated heterocycles. The largest absolute Gasteiger partial charge is 0.378 e. The van der Waals surface area contributed by atoms with E-state index in [2.05, 4.69) is 10.6 Å². The van der Waals surface area contributed by atoms with Crippen LogP contribution in [0.15, 0.2) is 24.3 Å². The van der Waals surface area contributed by atoms with E-state index in [0.29, 0.717) is 19.8 Å². The molecule has 110 valence electrons. The van der Waals surface area contributed by atoms with Crippen LogP contribution < -0.4 is 10.6 Å². The number of nitrogens with one attached hydrogen (secondary N) is 2. The monoisotopic (exact) mass is 278 g/mol. The minimum Gasteiger partial charge on any atom is -0.378 e. The Bertz CT molecular complexity index is 456. The van der Waals surface area contributed by atoms with Gasteiger partial charge in [0.25, 0.3) is 0 Å². The number of benzene rings is 1. The lowest BCUT2D eigenvalue weighted by molar-refractivity contribution is -0.115. The van der Waals surface area contributed by atoms with Gasteiger partial charge in [-0.1, -0.05) is 12.1 Å². The molecule has 2 N–H and O–H groups in total. The Kier molecular flexibility index (Phi) is 5.11. The van der Waals surface area contributed by atoms with Crippen molar-refractivity contribution in [1.29, 1.82) is 0 Å². The highest BCUT2D eigenvalue weighted by molar-refractivity contribution is 5.92. The summed E-state index contributed by atoms with van der Waals surface area (Å²) in [6, 6.07) is 7.75. The van der Waals surface area contributed by atoms with E-state index in [9.17, 15) is 4.79 Å². The van der Waals surface area contributed by atoms with Gasteiger partial charge in [-0.25, -0.2) is 0 Å². The molecule has 1 heterocycles. The number of hydrogen-bond acceptors (Lipinski definition) is 4. The number of aryl methyl sites for hydroxylation is 1. The van der Waals surface area contributed by atoms with Crippen LogP contribution >= 0.6 is 0 Å². The molecule has 0 aliphatic carbocycles. The van der Waals surface area contributed by atoms with Crippen molar-refractivity contribution in [3.8, 4) is 0 Å². The maximum absolute atomic E-state index is 11.8. The van der Waals surface area contributed by atoms with Crippen LogP contribution in [-0.4, -0.2) is 44.9 Å². The molecule has 1 amide bonds. The van der Waals surface area contributed by atoms with Crippen LogP contribution in [0, 0.1) is 6.92 Å². The van der Waals surface area contributed by atoms with Crippen molar-refractivity contribution in [2.45, 2.75) is 18.9 Å². The van der Waals surface area contributed by atoms with Gasteiger partial charge in [-0.05, 0) is 24.6 Å². The normalized spacial score (nSPS) is 21.9. The van der Waals surface area contributed by atoms with Crippen LogP contribution in [0.1, 0.15) is 12.0 Å². The van der Waals surface area contributed by atoms with E-state index in [1.165, 1.54) is 0 Å². The first-order chi connectivity index (χ1) is 9.63. The number of carbonyl (C=O) groups is 1. The minimum absolute atomic E-state index is 0.0548. The Labute approximate surface area is 119 Å². The summed E-state index contributed by atoms with van der Waals surface area (Å²) in [6.07, 6.45) is 0.857. The van der Waals surface area contributed by atoms with Gasteiger partial charge in [0.15, 0.2) is 0 Å². The summed E-state index contributed by atoms with van der Waals surface area (Å²) in [5.74, 6) is -0.0548. The van der Waals surface area contributed by atoms with Crippen molar-refractivity contribution in [1.82, 2.24) is 5.32 Å². The molecule has 5 heteroatoms. The topological polar surface area (TPSA) is 59.6 Å². The zero-order valence-corrected chi connectivity index (χ0v) is 12.1. The standard InChI is InChI=1S/C15H22N2O3/c1-12-4-3-5-13(8-12)17-14(18)9-16-10-15(19-2)6-7-20-11-15/h3-5,8,16H,6-7,9-11H2,1-2H3,(H,17,18). The van der Waals surface area contributed by atoms with Gasteiger partial charge in [0.1, 0.15) is 5.60 Å². The van der Waals surface area contributed by atoms with Crippen LogP contribution in [0.5, 0.6) is 0 Å². The van der Waals surface area contributed by atoms with E-state index in [1.807, 2.05) is 31.2 Å². The van der Waals surface area contributed by atoms with E-state index in [0.717, 1.165) is 17.7 Å². The Hall–Kier alpha value is -1.43. The van der Waals surface area contributed by atoms with Gasteiger partial charge in [-0.15, -0.1) is 0 Å². The Balaban J connectivity index is 1.75. The highest BCUT2D eigenvalue weighted by atomic mass is 16.5. The minimum atomic E-state index is -0.288. The summed E-state index contributed by atoms with van der Waals surface area (Å²) in [6.45, 7) is 4.17. The molecule has 0 radical (unpaired) electrons. The lowest BCUT2D eigenvalue weighted by Crippen LogP contribution is -2.45. The molecule has 0 saturated carbocycles. The average Bonchev–Trinajstić information content (AvgIpc) is 2.88. The van der Waals surface area contributed by atoms with Crippen LogP contribution in [0.3, 0.4) is 0 Å². The number of carbonyl (C=O) groups excluding carboxylic acids is 1. The van der Waals surface area contributed by atoms with Gasteiger partial charge in [-0.2, -0.15) is 0 Å². The van der Waals surface area contributed by atoms with Crippen molar-refractivity contribution >= 4 is 11.6 Å². The number of anilines is 1. The summed E-state index contributed by atoms with van der Waals surface area (Å²) in [7, 11) is 1.68. The van der Waals surface area contributed by atoms with Crippen molar-refractivity contribution < 1.29 is 14.3 Å². The van der Waals surface area contributed by atoms with E-state index >= 15 is 0 Å². The molecule has 1 unspecified atom stereocenters. The Morgan fingerprint density at radius 2 is 2.35 bits per heavy atom. The zero-order valence-electron chi connectivity index (χ0n) is 12.1. The van der Waals surface area contributed by atoms with E-state index < -0.39 is 0 Å². The average molecular weight is 278 g/mol. The molecule has 0 aromatic heterocycles. The fraction of sp³-hybridized carbons (Fsp3) is 0.533. The van der Waals surface area contributed by atoms with Crippen LogP contribution in [-0.2, 0) is 14.3 Å². The highest BCUT2D eigenvalue weighted by Gasteiger charge is 2.34. The van der Waals surface area contributed by atoms with Crippen molar-refractivity contribution in [3.05, 3.63) is 29.8 Å². The molecule has 2 rings (SSSR count). The molecular weight excluding hydrogens is 256 g/mol. The van der Waals surface area contributed by atoms with Crippen LogP contribution in [0.2, 0.25) is 0 Å². The second-order valence-corrected chi connectivity index (χ2v) is 5.21. The Morgan fingerprint density at radius 3 is 3.00 bits per heavy atom. The van der Waals surface area contributed by atoms with E-state index in [-0.39, 0.29) is 18.1 Å². The van der Waals surface area contributed by atoms with Crippen molar-refractivity contribution in [2.24, 2.45) is 0 Å². The number of hydrogen-bond donors (Lipinski definition) is 2. The first-order valence-electron chi connectivity index (χ1n) is 6.84. The van der Waals surface area contributed by atoms with Gasteiger partial charge in [0, 0.05) is 32.4 Å². The number of rotatable bonds is 6. The maximum atomic E-state index is 11.8. The molecular formula is C15H22N2O3. The highest BCUT2D eigenvalue weighted by Crippen LogP contribution is 2.21. The molecule has 1 aliphatic rings. The summed E-state index contributed by atoms with van der Waals surface area (Å²) >= 11 is 0. The molecule has 0 spiro atoms. The first-order valence-corrected chi connectivity index (χ1v) is 6.84. The van der Waals surface area contributed by atoms with Crippen LogP contribution in [0.4, 0.5) is 5.69 Å². The molecule has 1 atom stereocenters. The fourth-order valence-corrected chi connectivity index (χ4v) is 2.29. The molecule has 1 fully saturated rings. The summed E-state index contributed by atoms with van der Waals surface area (Å²) in [5.41, 5.74) is 1.66. The molecule has 5 nitrogen and oxygen atoms in total. The molecule has 20 heavy (non-hydrogen) atoms. The van der Waals surface area contributed by atoms with Gasteiger partial charge < -0.3 is 20.1 Å². The first kappa shape index (κ1) is 15.0. The Morgan fingerprint density at radius 1 is 1.50 bits per heavy atom. The van der Waals surface area contributed by atoms with Crippen LogP contribution in [0.25, 0.3) is 0 Å². The SMILES string of the molecule is COC1(CNCC(=O)Nc2cccc(C)c2)CCOC1. The summed E-state index contributed by atoms with van der Waals surface area (Å²) in [5, 5.41) is 6.00. The van der Waals surface area contributed by atoms with E-state index in [1.54, 1.807) is 7.11 Å². The van der Waals surface area contributed by atoms with E-state index in [4.69, 9.17) is 9.47 Å². The van der Waals surface area contributed by atoms with Crippen molar-refractivity contribution in [2.75, 3.05) is 38.7 Å². The van der Waals surface area contributed by atoms with Gasteiger partial charge in [0.05, 0.1) is 13.2 Å². The van der Waals surface area contributed by atoms with Gasteiger partial charge in [0.2, 0.25) is 5.91 Å². The molecule has 1 aromatic rings. The third-order valence-corrected chi connectivity index (χ3v) is 3.53. The van der Waals surface area contributed by atoms with Gasteiger partial charge in [-0.3, -0.25) is 4.79 Å². The predicted octanol–water partition coefficient (Wildman–Crippen LogP) is 1.33. The number of amides is 1. The third kappa shape index (κ3) is 4.03. The van der Waals surface area contributed by atoms with Crippen molar-refractivity contribution in [3.63, 3.8) is 0 Å². The van der Waals surface area contributed by atoms with Gasteiger partial charge >= 0.3 is 0 Å². The number of ether oxygens (including phenoxy) is 2. The number of methoxy groups -OCH3 is 1. The second-order valence-electron chi connectivity index (χ2n) is 5.21. The summed E-state index contributed by atoms with van der Waals surface area (Å²) < 4.78 is 10.8. The zero-order chi connectivity index (χ0) is 14.4. The quantitative estimate of drug-likeness (QED) is 0.824. The molecule has 1 aliphatic heterocycles. The third-order valence-electron chi connectivity index (χ3n) is 3.53. The maximum Gasteiger partial charge on any atom is 0.238 e. The molecule has 1 aromatic carbocycles. The lowest BCUT2D eigenvalue weighted by atomic mass is 10.0. The predicted molar refractivity (Wildman–Crippen MR) is 77.9 cm³/mol. The summed E-state index contributed by atoms with van der Waals surface area (Å²) in [4.78, 5) is 11.8. The molecule has 0 bridgehead atoms. The lowest BCUT2D eigenvalue weighted by Gasteiger charge is -2.25. The second kappa shape index (κ2) is 6.83. The fourth-order valence-electron chi connectivity index (χ4n) is 2.29.